The fourth-order valence-electron chi connectivity index (χ4n) is 1.74. The van der Waals surface area contributed by atoms with E-state index in [4.69, 9.17) is 4.74 Å². The van der Waals surface area contributed by atoms with E-state index in [-0.39, 0.29) is 0 Å². The van der Waals surface area contributed by atoms with E-state index in [9.17, 15) is 0 Å². The Hall–Kier alpha value is -1.09. The second-order valence-electron chi connectivity index (χ2n) is 4.11. The number of nitrogens with zero attached hydrogens (tertiary/aromatic N) is 1. The molecule has 2 rings (SSSR count). The van der Waals surface area contributed by atoms with Gasteiger partial charge in [-0.05, 0) is 31.9 Å². The zero-order chi connectivity index (χ0) is 10.5. The number of aromatic nitrogens is 1. The monoisotopic (exact) mass is 206 g/mol. The Morgan fingerprint density at radius 1 is 1.53 bits per heavy atom. The Morgan fingerprint density at radius 2 is 2.40 bits per heavy atom. The fraction of sp³-hybridized carbons (Fsp3) is 0.583. The molecule has 1 aliphatic rings. The minimum Gasteiger partial charge on any atom is -0.477 e. The Kier molecular flexibility index (Phi) is 3.56. The van der Waals surface area contributed by atoms with Crippen LogP contribution in [-0.2, 0) is 6.54 Å². The summed E-state index contributed by atoms with van der Waals surface area (Å²) < 4.78 is 5.74. The van der Waals surface area contributed by atoms with Gasteiger partial charge in [0.1, 0.15) is 0 Å². The van der Waals surface area contributed by atoms with Crippen molar-refractivity contribution in [3.8, 4) is 5.88 Å². The van der Waals surface area contributed by atoms with Crippen LogP contribution in [0, 0.1) is 5.92 Å². The summed E-state index contributed by atoms with van der Waals surface area (Å²) in [7, 11) is 1.93. The van der Waals surface area contributed by atoms with Gasteiger partial charge in [-0.25, -0.2) is 4.98 Å². The minimum absolute atomic E-state index is 0.759. The molecule has 1 N–H and O–H groups in total. The molecule has 0 unspecified atom stereocenters. The first-order chi connectivity index (χ1) is 7.40. The molecular formula is C12H18N2O. The highest BCUT2D eigenvalue weighted by Gasteiger charge is 2.18. The van der Waals surface area contributed by atoms with Crippen molar-refractivity contribution in [2.45, 2.75) is 25.8 Å². The molecule has 0 bridgehead atoms. The molecule has 1 aromatic heterocycles. The largest absolute Gasteiger partial charge is 0.477 e. The van der Waals surface area contributed by atoms with Crippen molar-refractivity contribution in [3.63, 3.8) is 0 Å². The van der Waals surface area contributed by atoms with Gasteiger partial charge in [-0.2, -0.15) is 0 Å². The van der Waals surface area contributed by atoms with Gasteiger partial charge in [-0.15, -0.1) is 0 Å². The third-order valence-corrected chi connectivity index (χ3v) is 2.90. The summed E-state index contributed by atoms with van der Waals surface area (Å²) in [5, 5.41) is 3.12. The molecule has 0 spiro atoms. The molecule has 1 saturated carbocycles. The lowest BCUT2D eigenvalue weighted by atomic mass is 9.86. The number of pyridine rings is 1. The molecule has 1 aliphatic carbocycles. The number of nitrogens with one attached hydrogen (secondary N) is 1. The first kappa shape index (κ1) is 10.4. The lowest BCUT2D eigenvalue weighted by molar-refractivity contribution is 0.174. The molecule has 0 amide bonds. The summed E-state index contributed by atoms with van der Waals surface area (Å²) in [5.74, 6) is 1.55. The summed E-state index contributed by atoms with van der Waals surface area (Å²) in [5.41, 5.74) is 1.14. The summed E-state index contributed by atoms with van der Waals surface area (Å²) in [6.45, 7) is 1.64. The van der Waals surface area contributed by atoms with Crippen LogP contribution in [0.25, 0.3) is 0 Å². The minimum atomic E-state index is 0.759. The molecule has 0 saturated heterocycles. The smallest absolute Gasteiger partial charge is 0.217 e. The highest BCUT2D eigenvalue weighted by atomic mass is 16.5. The Bertz CT molecular complexity index is 310. The normalized spacial score (nSPS) is 16.1. The molecular weight excluding hydrogens is 188 g/mol. The highest BCUT2D eigenvalue weighted by molar-refractivity contribution is 5.25. The quantitative estimate of drug-likeness (QED) is 0.800. The molecule has 0 aromatic carbocycles. The van der Waals surface area contributed by atoms with Crippen LogP contribution in [0.2, 0.25) is 0 Å². The zero-order valence-corrected chi connectivity index (χ0v) is 9.20. The molecule has 1 fully saturated rings. The highest BCUT2D eigenvalue weighted by Crippen LogP contribution is 2.27. The van der Waals surface area contributed by atoms with Gasteiger partial charge < -0.3 is 10.1 Å². The van der Waals surface area contributed by atoms with Crippen LogP contribution in [0.4, 0.5) is 0 Å². The second-order valence-corrected chi connectivity index (χ2v) is 4.11. The number of ether oxygens (including phenoxy) is 1. The van der Waals surface area contributed by atoms with E-state index < -0.39 is 0 Å². The number of rotatable bonds is 5. The van der Waals surface area contributed by atoms with E-state index in [2.05, 4.69) is 16.4 Å². The first-order valence-electron chi connectivity index (χ1n) is 5.61. The molecule has 0 radical (unpaired) electrons. The van der Waals surface area contributed by atoms with Crippen molar-refractivity contribution in [1.29, 1.82) is 0 Å². The number of hydrogen-bond acceptors (Lipinski definition) is 3. The Labute approximate surface area is 90.9 Å². The predicted molar refractivity (Wildman–Crippen MR) is 59.8 cm³/mol. The van der Waals surface area contributed by atoms with Gasteiger partial charge in [0, 0.05) is 18.3 Å². The van der Waals surface area contributed by atoms with Crippen LogP contribution in [-0.4, -0.2) is 18.6 Å². The van der Waals surface area contributed by atoms with Crippen LogP contribution in [0.15, 0.2) is 18.3 Å². The maximum atomic E-state index is 5.74. The van der Waals surface area contributed by atoms with Crippen LogP contribution >= 0.6 is 0 Å². The van der Waals surface area contributed by atoms with Gasteiger partial charge in [0.2, 0.25) is 5.88 Å². The maximum absolute atomic E-state index is 5.74. The molecule has 3 nitrogen and oxygen atoms in total. The average Bonchev–Trinajstić information content (AvgIpc) is 2.18. The van der Waals surface area contributed by atoms with Crippen LogP contribution < -0.4 is 10.1 Å². The molecule has 82 valence electrons. The zero-order valence-electron chi connectivity index (χ0n) is 9.20. The average molecular weight is 206 g/mol. The van der Waals surface area contributed by atoms with Gasteiger partial charge in [-0.1, -0.05) is 12.5 Å². The molecule has 0 aliphatic heterocycles. The van der Waals surface area contributed by atoms with Gasteiger partial charge in [-0.3, -0.25) is 0 Å². The van der Waals surface area contributed by atoms with Crippen molar-refractivity contribution in [1.82, 2.24) is 10.3 Å². The van der Waals surface area contributed by atoms with E-state index in [0.717, 1.165) is 30.5 Å². The Balaban J connectivity index is 1.92. The first-order valence-corrected chi connectivity index (χ1v) is 5.61. The summed E-state index contributed by atoms with van der Waals surface area (Å²) >= 11 is 0. The predicted octanol–water partition coefficient (Wildman–Crippen LogP) is 1.98. The van der Waals surface area contributed by atoms with Crippen molar-refractivity contribution in [2.24, 2.45) is 5.92 Å². The van der Waals surface area contributed by atoms with Gasteiger partial charge in [0.05, 0.1) is 6.61 Å². The fourth-order valence-corrected chi connectivity index (χ4v) is 1.74. The van der Waals surface area contributed by atoms with Gasteiger partial charge >= 0.3 is 0 Å². The van der Waals surface area contributed by atoms with Gasteiger partial charge in [0.25, 0.3) is 0 Å². The topological polar surface area (TPSA) is 34.2 Å². The van der Waals surface area contributed by atoms with E-state index in [1.54, 1.807) is 6.20 Å². The lowest BCUT2D eigenvalue weighted by Crippen LogP contribution is -2.20. The number of hydrogen-bond donors (Lipinski definition) is 1. The van der Waals surface area contributed by atoms with Crippen molar-refractivity contribution >= 4 is 0 Å². The van der Waals surface area contributed by atoms with Crippen LogP contribution in [0.5, 0.6) is 5.88 Å². The summed E-state index contributed by atoms with van der Waals surface area (Å²) in [6.07, 6.45) is 5.78. The van der Waals surface area contributed by atoms with E-state index in [1.807, 2.05) is 13.1 Å². The molecule has 1 heterocycles. The third-order valence-electron chi connectivity index (χ3n) is 2.90. The summed E-state index contributed by atoms with van der Waals surface area (Å²) in [4.78, 5) is 4.27. The molecule has 0 atom stereocenters. The lowest BCUT2D eigenvalue weighted by Gasteiger charge is -2.25. The molecule has 1 aromatic rings. The van der Waals surface area contributed by atoms with Crippen molar-refractivity contribution in [3.05, 3.63) is 23.9 Å². The van der Waals surface area contributed by atoms with Crippen molar-refractivity contribution in [2.75, 3.05) is 13.7 Å². The Morgan fingerprint density at radius 3 is 3.07 bits per heavy atom. The SMILES string of the molecule is CNCc1cccnc1OCC1CCC1. The van der Waals surface area contributed by atoms with Crippen LogP contribution in [0.3, 0.4) is 0 Å². The third kappa shape index (κ3) is 2.69. The maximum Gasteiger partial charge on any atom is 0.217 e. The van der Waals surface area contributed by atoms with E-state index in [0.29, 0.717) is 0 Å². The molecule has 3 heteroatoms. The summed E-state index contributed by atoms with van der Waals surface area (Å²) in [6, 6.07) is 4.00. The van der Waals surface area contributed by atoms with E-state index in [1.165, 1.54) is 19.3 Å². The molecule has 15 heavy (non-hydrogen) atoms. The van der Waals surface area contributed by atoms with Crippen LogP contribution in [0.1, 0.15) is 24.8 Å². The second kappa shape index (κ2) is 5.12. The standard InChI is InChI=1S/C12H18N2O/c1-13-8-11-6-3-7-14-12(11)15-9-10-4-2-5-10/h3,6-7,10,13H,2,4-5,8-9H2,1H3. The van der Waals surface area contributed by atoms with Crippen molar-refractivity contribution < 1.29 is 4.74 Å². The van der Waals surface area contributed by atoms with Gasteiger partial charge in [0.15, 0.2) is 0 Å². The van der Waals surface area contributed by atoms with E-state index >= 15 is 0 Å².